The quantitative estimate of drug-likeness (QED) is 0.864. The minimum absolute atomic E-state index is 0.0551. The first-order chi connectivity index (χ1) is 10.6. The first kappa shape index (κ1) is 13.5. The smallest absolute Gasteiger partial charge is 0.337 e. The molecule has 0 heterocycles. The normalized spacial score (nSPS) is 28.5. The lowest BCUT2D eigenvalue weighted by Crippen LogP contribution is -2.31. The van der Waals surface area contributed by atoms with E-state index < -0.39 is 5.60 Å². The fraction of sp³-hybridized carbons (Fsp3) is 0.316. The average Bonchev–Trinajstić information content (AvgIpc) is 3.10. The second-order valence-electron chi connectivity index (χ2n) is 6.31. The van der Waals surface area contributed by atoms with Crippen molar-refractivity contribution in [2.45, 2.75) is 30.3 Å². The lowest BCUT2D eigenvalue weighted by molar-refractivity contribution is 0.0208. The summed E-state index contributed by atoms with van der Waals surface area (Å²) >= 11 is 0. The second kappa shape index (κ2) is 4.68. The van der Waals surface area contributed by atoms with Crippen molar-refractivity contribution in [3.8, 4) is 0 Å². The molecule has 0 saturated heterocycles. The number of rotatable bonds is 2. The van der Waals surface area contributed by atoms with E-state index in [0.29, 0.717) is 11.5 Å². The summed E-state index contributed by atoms with van der Waals surface area (Å²) in [5.74, 6) is 0.102. The van der Waals surface area contributed by atoms with Gasteiger partial charge in [-0.25, -0.2) is 4.79 Å². The predicted octanol–water partition coefficient (Wildman–Crippen LogP) is 3.34. The lowest BCUT2D eigenvalue weighted by Gasteiger charge is -2.34. The van der Waals surface area contributed by atoms with Gasteiger partial charge in [0.15, 0.2) is 0 Å². The highest BCUT2D eigenvalue weighted by Gasteiger charge is 2.53. The molecule has 0 aromatic heterocycles. The number of fused-ring (bicyclic) bond motifs is 5. The van der Waals surface area contributed by atoms with Crippen LogP contribution in [0.4, 0.5) is 0 Å². The Morgan fingerprint density at radius 2 is 1.95 bits per heavy atom. The van der Waals surface area contributed by atoms with Crippen LogP contribution in [0.1, 0.15) is 51.7 Å². The van der Waals surface area contributed by atoms with E-state index in [4.69, 9.17) is 4.74 Å². The van der Waals surface area contributed by atoms with E-state index >= 15 is 0 Å². The van der Waals surface area contributed by atoms with Crippen molar-refractivity contribution in [1.82, 2.24) is 0 Å². The third-order valence-electron chi connectivity index (χ3n) is 5.25. The Morgan fingerprint density at radius 1 is 1.18 bits per heavy atom. The van der Waals surface area contributed by atoms with Gasteiger partial charge in [-0.1, -0.05) is 36.4 Å². The van der Waals surface area contributed by atoms with Gasteiger partial charge in [-0.15, -0.1) is 0 Å². The highest BCUT2D eigenvalue weighted by Crippen LogP contribution is 2.61. The molecule has 3 atom stereocenters. The van der Waals surface area contributed by atoms with Crippen LogP contribution in [-0.2, 0) is 10.3 Å². The van der Waals surface area contributed by atoms with Crippen molar-refractivity contribution in [2.24, 2.45) is 0 Å². The largest absolute Gasteiger partial charge is 0.465 e. The summed E-state index contributed by atoms with van der Waals surface area (Å²) in [5.41, 5.74) is 3.08. The molecular weight excluding hydrogens is 276 g/mol. The van der Waals surface area contributed by atoms with Crippen molar-refractivity contribution in [3.63, 3.8) is 0 Å². The van der Waals surface area contributed by atoms with Crippen LogP contribution in [0.15, 0.2) is 48.5 Å². The number of carbonyl (C=O) groups is 1. The van der Waals surface area contributed by atoms with E-state index in [2.05, 4.69) is 0 Å². The Kier molecular flexibility index (Phi) is 2.88. The Labute approximate surface area is 129 Å². The van der Waals surface area contributed by atoms with E-state index in [-0.39, 0.29) is 11.9 Å². The molecule has 0 radical (unpaired) electrons. The minimum Gasteiger partial charge on any atom is -0.465 e. The van der Waals surface area contributed by atoms with E-state index in [9.17, 15) is 9.90 Å². The number of methoxy groups -OCH3 is 1. The lowest BCUT2D eigenvalue weighted by atomic mass is 9.75. The summed E-state index contributed by atoms with van der Waals surface area (Å²) in [6.45, 7) is 0. The zero-order chi connectivity index (χ0) is 15.3. The molecule has 22 heavy (non-hydrogen) atoms. The van der Waals surface area contributed by atoms with Gasteiger partial charge < -0.3 is 9.84 Å². The highest BCUT2D eigenvalue weighted by atomic mass is 16.5. The maximum Gasteiger partial charge on any atom is 0.337 e. The first-order valence-electron chi connectivity index (χ1n) is 7.63. The minimum atomic E-state index is -0.826. The van der Waals surface area contributed by atoms with E-state index in [1.165, 1.54) is 12.7 Å². The van der Waals surface area contributed by atoms with Gasteiger partial charge in [-0.3, -0.25) is 0 Å². The molecule has 2 aromatic carbocycles. The number of ether oxygens (including phenoxy) is 1. The second-order valence-corrected chi connectivity index (χ2v) is 6.31. The summed E-state index contributed by atoms with van der Waals surface area (Å²) in [7, 11) is 1.39. The standard InChI is InChI=1S/C19H18O3/c1-22-18(20)12-7-8-15-13-10-17(16(15)9-12)19(21,11-13)14-5-3-2-4-6-14/h2-9,13,17,21H,10-11H2,1H3/t13-,17-,19+/m1/s1. The van der Waals surface area contributed by atoms with Gasteiger partial charge in [0.25, 0.3) is 0 Å². The number of esters is 1. The molecule has 3 nitrogen and oxygen atoms in total. The first-order valence-corrected chi connectivity index (χ1v) is 7.63. The number of benzene rings is 2. The molecule has 2 bridgehead atoms. The molecule has 3 heteroatoms. The molecule has 0 spiro atoms. The molecule has 2 aromatic rings. The van der Waals surface area contributed by atoms with E-state index in [1.54, 1.807) is 0 Å². The van der Waals surface area contributed by atoms with Crippen LogP contribution < -0.4 is 0 Å². The monoisotopic (exact) mass is 294 g/mol. The Hall–Kier alpha value is -2.13. The van der Waals surface area contributed by atoms with Gasteiger partial charge >= 0.3 is 5.97 Å². The van der Waals surface area contributed by atoms with Crippen LogP contribution in [0.5, 0.6) is 0 Å². The molecular formula is C19H18O3. The van der Waals surface area contributed by atoms with Crippen LogP contribution in [-0.4, -0.2) is 18.2 Å². The van der Waals surface area contributed by atoms with Crippen molar-refractivity contribution >= 4 is 5.97 Å². The molecule has 0 amide bonds. The van der Waals surface area contributed by atoms with Crippen molar-refractivity contribution in [2.75, 3.05) is 7.11 Å². The zero-order valence-corrected chi connectivity index (χ0v) is 12.5. The number of carbonyl (C=O) groups excluding carboxylic acids is 1. The van der Waals surface area contributed by atoms with Crippen LogP contribution >= 0.6 is 0 Å². The summed E-state index contributed by atoms with van der Waals surface area (Å²) in [4.78, 5) is 11.8. The van der Waals surface area contributed by atoms with Crippen molar-refractivity contribution in [1.29, 1.82) is 0 Å². The fourth-order valence-corrected chi connectivity index (χ4v) is 4.24. The summed E-state index contributed by atoms with van der Waals surface area (Å²) in [6, 6.07) is 15.6. The molecule has 4 rings (SSSR count). The maximum atomic E-state index is 11.8. The van der Waals surface area contributed by atoms with Gasteiger partial charge in [0, 0.05) is 5.92 Å². The van der Waals surface area contributed by atoms with Crippen molar-refractivity contribution in [3.05, 3.63) is 70.8 Å². The van der Waals surface area contributed by atoms with Crippen LogP contribution in [0.3, 0.4) is 0 Å². The molecule has 0 aliphatic heterocycles. The molecule has 1 saturated carbocycles. The molecule has 1 N–H and O–H groups in total. The SMILES string of the molecule is COC(=O)c1ccc2c(c1)[C@H]1C[C@@H]2C[C@]1(O)c1ccccc1. The Morgan fingerprint density at radius 3 is 2.68 bits per heavy atom. The van der Waals surface area contributed by atoms with Gasteiger partial charge in [-0.2, -0.15) is 0 Å². The zero-order valence-electron chi connectivity index (χ0n) is 12.5. The number of hydrogen-bond acceptors (Lipinski definition) is 3. The Balaban J connectivity index is 1.79. The molecule has 1 fully saturated rings. The summed E-state index contributed by atoms with van der Waals surface area (Å²) in [5, 5.41) is 11.3. The third-order valence-corrected chi connectivity index (χ3v) is 5.25. The van der Waals surface area contributed by atoms with Crippen molar-refractivity contribution < 1.29 is 14.6 Å². The van der Waals surface area contributed by atoms with Gasteiger partial charge in [0.2, 0.25) is 0 Å². The van der Waals surface area contributed by atoms with E-state index in [0.717, 1.165) is 24.0 Å². The van der Waals surface area contributed by atoms with Gasteiger partial charge in [0.05, 0.1) is 18.3 Å². The number of aliphatic hydroxyl groups is 1. The van der Waals surface area contributed by atoms with Crippen LogP contribution in [0.25, 0.3) is 0 Å². The van der Waals surface area contributed by atoms with Gasteiger partial charge in [-0.05, 0) is 47.6 Å². The van der Waals surface area contributed by atoms with Crippen LogP contribution in [0.2, 0.25) is 0 Å². The molecule has 112 valence electrons. The Bertz CT molecular complexity index is 738. The fourth-order valence-electron chi connectivity index (χ4n) is 4.24. The average molecular weight is 294 g/mol. The maximum absolute atomic E-state index is 11.8. The number of hydrogen-bond donors (Lipinski definition) is 1. The van der Waals surface area contributed by atoms with E-state index in [1.807, 2.05) is 48.5 Å². The summed E-state index contributed by atoms with van der Waals surface area (Å²) in [6.07, 6.45) is 1.71. The van der Waals surface area contributed by atoms with Crippen LogP contribution in [0, 0.1) is 0 Å². The predicted molar refractivity (Wildman–Crippen MR) is 82.8 cm³/mol. The molecule has 2 aliphatic carbocycles. The van der Waals surface area contributed by atoms with Gasteiger partial charge in [0.1, 0.15) is 0 Å². The third kappa shape index (κ3) is 1.75. The molecule has 0 unspecified atom stereocenters. The molecule has 2 aliphatic rings. The topological polar surface area (TPSA) is 46.5 Å². The summed E-state index contributed by atoms with van der Waals surface area (Å²) < 4.78 is 4.81. The highest BCUT2D eigenvalue weighted by molar-refractivity contribution is 5.89.